The molecule has 2 unspecified atom stereocenters. The summed E-state index contributed by atoms with van der Waals surface area (Å²) in [5.41, 5.74) is 0. The van der Waals surface area contributed by atoms with E-state index in [2.05, 4.69) is 27.5 Å². The molecular weight excluding hydrogens is 236 g/mol. The van der Waals surface area contributed by atoms with E-state index in [1.54, 1.807) is 18.6 Å². The van der Waals surface area contributed by atoms with Crippen LogP contribution in [0.15, 0.2) is 12.4 Å². The molecule has 96 valence electrons. The van der Waals surface area contributed by atoms with E-state index >= 15 is 0 Å². The van der Waals surface area contributed by atoms with Gasteiger partial charge in [-0.15, -0.1) is 0 Å². The van der Waals surface area contributed by atoms with Gasteiger partial charge in [-0.25, -0.2) is 4.98 Å². The molecule has 0 aromatic carbocycles. The van der Waals surface area contributed by atoms with Crippen molar-refractivity contribution in [2.75, 3.05) is 29.2 Å². The Bertz CT molecular complexity index is 372. The first-order valence-corrected chi connectivity index (χ1v) is 7.47. The lowest BCUT2D eigenvalue weighted by molar-refractivity contribution is 0.683. The van der Waals surface area contributed by atoms with E-state index in [1.165, 1.54) is 0 Å². The summed E-state index contributed by atoms with van der Waals surface area (Å²) in [6.07, 6.45) is 6.11. The van der Waals surface area contributed by atoms with Gasteiger partial charge in [0.05, 0.1) is 12.4 Å². The number of nitrogens with one attached hydrogen (secondary N) is 2. The van der Waals surface area contributed by atoms with Crippen LogP contribution >= 0.6 is 0 Å². The smallest absolute Gasteiger partial charge is 0.147 e. The molecule has 1 aromatic heterocycles. The molecule has 0 bridgehead atoms. The molecule has 0 saturated heterocycles. The van der Waals surface area contributed by atoms with Crippen molar-refractivity contribution >= 4 is 22.4 Å². The molecule has 0 aliphatic heterocycles. The number of hydrogen-bond acceptors (Lipinski definition) is 5. The summed E-state index contributed by atoms with van der Waals surface area (Å²) in [6, 6.07) is 0.122. The Labute approximate surface area is 105 Å². The molecule has 2 N–H and O–H groups in total. The summed E-state index contributed by atoms with van der Waals surface area (Å²) in [6.45, 7) is 4.96. The predicted octanol–water partition coefficient (Wildman–Crippen LogP) is 1.48. The first-order chi connectivity index (χ1) is 8.11. The molecule has 0 aliphatic rings. The van der Waals surface area contributed by atoms with E-state index in [4.69, 9.17) is 0 Å². The van der Waals surface area contributed by atoms with Gasteiger partial charge in [0.25, 0.3) is 0 Å². The van der Waals surface area contributed by atoms with Crippen molar-refractivity contribution in [1.29, 1.82) is 0 Å². The normalized spacial score (nSPS) is 14.1. The maximum Gasteiger partial charge on any atom is 0.147 e. The van der Waals surface area contributed by atoms with Gasteiger partial charge in [-0.05, 0) is 13.3 Å². The molecule has 2 atom stereocenters. The molecular formula is C11H20N4OS. The highest BCUT2D eigenvalue weighted by Gasteiger charge is 2.05. The lowest BCUT2D eigenvalue weighted by atomic mass is 10.4. The monoisotopic (exact) mass is 256 g/mol. The standard InChI is InChI=1S/C11H20N4OS/c1-4-5-13-10-6-12-7-11(15-10)14-9(2)8-17(3)16/h6-7,9H,4-5,8H2,1-3H3,(H2,13,14,15). The summed E-state index contributed by atoms with van der Waals surface area (Å²) < 4.78 is 11.1. The van der Waals surface area contributed by atoms with Gasteiger partial charge in [-0.1, -0.05) is 6.92 Å². The van der Waals surface area contributed by atoms with Crippen molar-refractivity contribution in [3.05, 3.63) is 12.4 Å². The van der Waals surface area contributed by atoms with E-state index in [-0.39, 0.29) is 6.04 Å². The minimum absolute atomic E-state index is 0.122. The SMILES string of the molecule is CCCNc1cncc(NC(C)CS(C)=O)n1. The average Bonchev–Trinajstić information content (AvgIpc) is 2.25. The van der Waals surface area contributed by atoms with Crippen LogP contribution < -0.4 is 10.6 Å². The maximum absolute atomic E-state index is 11.1. The van der Waals surface area contributed by atoms with E-state index < -0.39 is 10.8 Å². The molecule has 1 rings (SSSR count). The van der Waals surface area contributed by atoms with Crippen LogP contribution in [-0.4, -0.2) is 38.8 Å². The van der Waals surface area contributed by atoms with Crippen LogP contribution in [0.1, 0.15) is 20.3 Å². The van der Waals surface area contributed by atoms with Gasteiger partial charge >= 0.3 is 0 Å². The second-order valence-corrected chi connectivity index (χ2v) is 5.48. The summed E-state index contributed by atoms with van der Waals surface area (Å²) in [7, 11) is -0.806. The third-order valence-electron chi connectivity index (χ3n) is 2.07. The Morgan fingerprint density at radius 3 is 2.76 bits per heavy atom. The quantitative estimate of drug-likeness (QED) is 0.773. The van der Waals surface area contributed by atoms with E-state index in [0.29, 0.717) is 11.6 Å². The Hall–Kier alpha value is -1.17. The van der Waals surface area contributed by atoms with Gasteiger partial charge in [0.2, 0.25) is 0 Å². The van der Waals surface area contributed by atoms with Gasteiger partial charge in [-0.3, -0.25) is 9.19 Å². The second kappa shape index (κ2) is 7.21. The topological polar surface area (TPSA) is 66.9 Å². The zero-order valence-corrected chi connectivity index (χ0v) is 11.4. The molecule has 0 spiro atoms. The van der Waals surface area contributed by atoms with Crippen LogP contribution in [0.5, 0.6) is 0 Å². The third-order valence-corrected chi connectivity index (χ3v) is 3.04. The number of anilines is 2. The Kier molecular flexibility index (Phi) is 5.90. The molecule has 6 heteroatoms. The molecule has 17 heavy (non-hydrogen) atoms. The fourth-order valence-corrected chi connectivity index (χ4v) is 2.21. The van der Waals surface area contributed by atoms with Gasteiger partial charge < -0.3 is 10.6 Å². The van der Waals surface area contributed by atoms with Gasteiger partial charge in [0, 0.05) is 35.4 Å². The summed E-state index contributed by atoms with van der Waals surface area (Å²) >= 11 is 0. The molecule has 0 radical (unpaired) electrons. The van der Waals surface area contributed by atoms with Crippen LogP contribution in [-0.2, 0) is 10.8 Å². The van der Waals surface area contributed by atoms with E-state index in [9.17, 15) is 4.21 Å². The van der Waals surface area contributed by atoms with Crippen molar-refractivity contribution < 1.29 is 4.21 Å². The second-order valence-electron chi connectivity index (χ2n) is 4.00. The minimum Gasteiger partial charge on any atom is -0.369 e. The van der Waals surface area contributed by atoms with Crippen LogP contribution in [0.4, 0.5) is 11.6 Å². The number of aromatic nitrogens is 2. The fourth-order valence-electron chi connectivity index (χ4n) is 1.42. The molecule has 0 amide bonds. The van der Waals surface area contributed by atoms with Crippen LogP contribution in [0.25, 0.3) is 0 Å². The first-order valence-electron chi connectivity index (χ1n) is 5.74. The fraction of sp³-hybridized carbons (Fsp3) is 0.636. The zero-order chi connectivity index (χ0) is 12.7. The molecule has 0 aliphatic carbocycles. The van der Waals surface area contributed by atoms with E-state index in [1.807, 2.05) is 6.92 Å². The number of nitrogens with zero attached hydrogens (tertiary/aromatic N) is 2. The van der Waals surface area contributed by atoms with Crippen molar-refractivity contribution in [1.82, 2.24) is 9.97 Å². The zero-order valence-electron chi connectivity index (χ0n) is 10.6. The molecule has 1 aromatic rings. The van der Waals surface area contributed by atoms with Crippen LogP contribution in [0.3, 0.4) is 0 Å². The van der Waals surface area contributed by atoms with Crippen LogP contribution in [0, 0.1) is 0 Å². The minimum atomic E-state index is -0.806. The summed E-state index contributed by atoms with van der Waals surface area (Å²) in [5, 5.41) is 6.36. The molecule has 1 heterocycles. The van der Waals surface area contributed by atoms with Crippen molar-refractivity contribution in [2.24, 2.45) is 0 Å². The predicted molar refractivity (Wildman–Crippen MR) is 72.8 cm³/mol. The van der Waals surface area contributed by atoms with Gasteiger partial charge in [0.15, 0.2) is 0 Å². The molecule has 0 fully saturated rings. The largest absolute Gasteiger partial charge is 0.369 e. The molecule has 5 nitrogen and oxygen atoms in total. The highest BCUT2D eigenvalue weighted by molar-refractivity contribution is 7.84. The first kappa shape index (κ1) is 13.9. The van der Waals surface area contributed by atoms with Crippen molar-refractivity contribution in [3.8, 4) is 0 Å². The third kappa shape index (κ3) is 5.63. The van der Waals surface area contributed by atoms with Crippen molar-refractivity contribution in [2.45, 2.75) is 26.3 Å². The van der Waals surface area contributed by atoms with Gasteiger partial charge in [0.1, 0.15) is 11.6 Å². The highest BCUT2D eigenvalue weighted by atomic mass is 32.2. The number of hydrogen-bond donors (Lipinski definition) is 2. The summed E-state index contributed by atoms with van der Waals surface area (Å²) in [4.78, 5) is 8.48. The lowest BCUT2D eigenvalue weighted by Gasteiger charge is -2.13. The Balaban J connectivity index is 2.55. The molecule has 0 saturated carbocycles. The lowest BCUT2D eigenvalue weighted by Crippen LogP contribution is -2.23. The number of rotatable bonds is 7. The summed E-state index contributed by atoms with van der Waals surface area (Å²) in [5.74, 6) is 2.08. The maximum atomic E-state index is 11.1. The van der Waals surface area contributed by atoms with Gasteiger partial charge in [-0.2, -0.15) is 0 Å². The van der Waals surface area contributed by atoms with E-state index in [0.717, 1.165) is 18.8 Å². The average molecular weight is 256 g/mol. The Morgan fingerprint density at radius 2 is 2.12 bits per heavy atom. The van der Waals surface area contributed by atoms with Crippen molar-refractivity contribution in [3.63, 3.8) is 0 Å². The Morgan fingerprint density at radius 1 is 1.41 bits per heavy atom. The van der Waals surface area contributed by atoms with Crippen LogP contribution in [0.2, 0.25) is 0 Å². The highest BCUT2D eigenvalue weighted by Crippen LogP contribution is 2.08.